The molecule has 0 aromatic carbocycles. The molecule has 0 unspecified atom stereocenters. The lowest BCUT2D eigenvalue weighted by Crippen LogP contribution is -2.17. The van der Waals surface area contributed by atoms with Gasteiger partial charge in [-0.1, -0.05) is 11.6 Å². The molecular weight excluding hydrogens is 336 g/mol. The van der Waals surface area contributed by atoms with Gasteiger partial charge < -0.3 is 4.74 Å². The van der Waals surface area contributed by atoms with Crippen LogP contribution in [0.3, 0.4) is 0 Å². The van der Waals surface area contributed by atoms with Crippen molar-refractivity contribution in [1.82, 2.24) is 4.98 Å². The number of pyridine rings is 1. The smallest absolute Gasteiger partial charge is 0.349 e. The van der Waals surface area contributed by atoms with E-state index >= 15 is 0 Å². The number of thiophene rings is 1. The summed E-state index contributed by atoms with van der Waals surface area (Å²) in [4.78, 5) is 15.4. The first kappa shape index (κ1) is 15.7. The summed E-state index contributed by atoms with van der Waals surface area (Å²) in [5, 5.41) is 1.73. The fourth-order valence-electron chi connectivity index (χ4n) is 1.64. The SMILES string of the molecule is COC(=O)c1scc(C)c1S(=O)(=O)Nc1ncccc1Cl. The number of ether oxygens (including phenoxy) is 1. The number of nitrogens with zero attached hydrogens (tertiary/aromatic N) is 1. The average Bonchev–Trinajstić information content (AvgIpc) is 2.83. The first-order valence-corrected chi connectivity index (χ1v) is 8.40. The second-order valence-electron chi connectivity index (χ2n) is 4.01. The molecule has 21 heavy (non-hydrogen) atoms. The second kappa shape index (κ2) is 6.00. The second-order valence-corrected chi connectivity index (χ2v) is 6.91. The lowest BCUT2D eigenvalue weighted by Gasteiger charge is -2.09. The molecule has 0 fully saturated rings. The molecule has 0 saturated heterocycles. The van der Waals surface area contributed by atoms with Crippen LogP contribution in [0.25, 0.3) is 0 Å². The molecule has 6 nitrogen and oxygen atoms in total. The van der Waals surface area contributed by atoms with Crippen molar-refractivity contribution >= 4 is 44.7 Å². The average molecular weight is 347 g/mol. The van der Waals surface area contributed by atoms with Gasteiger partial charge in [0.1, 0.15) is 9.77 Å². The van der Waals surface area contributed by atoms with E-state index in [1.54, 1.807) is 18.4 Å². The van der Waals surface area contributed by atoms with Crippen LogP contribution in [0.4, 0.5) is 5.82 Å². The van der Waals surface area contributed by atoms with Gasteiger partial charge in [0.2, 0.25) is 0 Å². The van der Waals surface area contributed by atoms with Crippen molar-refractivity contribution in [2.45, 2.75) is 11.8 Å². The summed E-state index contributed by atoms with van der Waals surface area (Å²) in [5.74, 6) is -0.707. The first-order valence-electron chi connectivity index (χ1n) is 5.66. The summed E-state index contributed by atoms with van der Waals surface area (Å²) in [6, 6.07) is 3.09. The number of aromatic nitrogens is 1. The van der Waals surface area contributed by atoms with E-state index in [1.807, 2.05) is 0 Å². The third kappa shape index (κ3) is 3.17. The Kier molecular flexibility index (Phi) is 4.50. The third-order valence-electron chi connectivity index (χ3n) is 2.55. The predicted molar refractivity (Wildman–Crippen MR) is 80.5 cm³/mol. The summed E-state index contributed by atoms with van der Waals surface area (Å²) in [5.41, 5.74) is 0.444. The number of rotatable bonds is 4. The first-order chi connectivity index (χ1) is 9.86. The molecule has 0 radical (unpaired) electrons. The molecule has 0 amide bonds. The van der Waals surface area contributed by atoms with E-state index in [0.717, 1.165) is 11.3 Å². The summed E-state index contributed by atoms with van der Waals surface area (Å²) in [6.07, 6.45) is 1.41. The highest BCUT2D eigenvalue weighted by molar-refractivity contribution is 7.93. The van der Waals surface area contributed by atoms with E-state index in [9.17, 15) is 13.2 Å². The highest BCUT2D eigenvalue weighted by Gasteiger charge is 2.28. The standard InChI is InChI=1S/C12H11ClN2O4S2/c1-7-6-20-9(12(16)19-2)10(7)21(17,18)15-11-8(13)4-3-5-14-11/h3-6H,1-2H3,(H,14,15). The zero-order valence-electron chi connectivity index (χ0n) is 11.1. The van der Waals surface area contributed by atoms with Crippen molar-refractivity contribution in [1.29, 1.82) is 0 Å². The Hall–Kier alpha value is -1.64. The van der Waals surface area contributed by atoms with Gasteiger partial charge in [-0.05, 0) is 30.0 Å². The number of halogens is 1. The summed E-state index contributed by atoms with van der Waals surface area (Å²) in [7, 11) is -2.80. The van der Waals surface area contributed by atoms with Gasteiger partial charge in [0.05, 0.1) is 12.1 Å². The zero-order valence-corrected chi connectivity index (χ0v) is 13.5. The van der Waals surface area contributed by atoms with Crippen LogP contribution in [0, 0.1) is 6.92 Å². The monoisotopic (exact) mass is 346 g/mol. The normalized spacial score (nSPS) is 11.2. The number of esters is 1. The van der Waals surface area contributed by atoms with Crippen molar-refractivity contribution in [3.05, 3.63) is 39.2 Å². The molecule has 2 aromatic rings. The Morgan fingerprint density at radius 2 is 2.19 bits per heavy atom. The number of sulfonamides is 1. The lowest BCUT2D eigenvalue weighted by molar-refractivity contribution is 0.0602. The number of methoxy groups -OCH3 is 1. The number of hydrogen-bond donors (Lipinski definition) is 1. The van der Waals surface area contributed by atoms with Crippen LogP contribution in [-0.2, 0) is 14.8 Å². The number of hydrogen-bond acceptors (Lipinski definition) is 6. The van der Waals surface area contributed by atoms with Gasteiger partial charge in [-0.2, -0.15) is 0 Å². The lowest BCUT2D eigenvalue weighted by atomic mass is 10.3. The van der Waals surface area contributed by atoms with Gasteiger partial charge in [-0.15, -0.1) is 11.3 Å². The van der Waals surface area contributed by atoms with E-state index < -0.39 is 16.0 Å². The highest BCUT2D eigenvalue weighted by atomic mass is 35.5. The predicted octanol–water partition coefficient (Wildman–Crippen LogP) is 2.69. The number of anilines is 1. The maximum Gasteiger partial charge on any atom is 0.349 e. The van der Waals surface area contributed by atoms with Crippen molar-refractivity contribution in [3.63, 3.8) is 0 Å². The van der Waals surface area contributed by atoms with Crippen LogP contribution in [0.5, 0.6) is 0 Å². The fourth-order valence-corrected chi connectivity index (χ4v) is 4.60. The number of carbonyl (C=O) groups excluding carboxylic acids is 1. The number of carbonyl (C=O) groups is 1. The number of nitrogens with one attached hydrogen (secondary N) is 1. The van der Waals surface area contributed by atoms with E-state index in [-0.39, 0.29) is 20.6 Å². The molecule has 0 aliphatic heterocycles. The van der Waals surface area contributed by atoms with Crippen molar-refractivity contribution in [2.24, 2.45) is 0 Å². The Morgan fingerprint density at radius 1 is 1.48 bits per heavy atom. The minimum Gasteiger partial charge on any atom is -0.465 e. The van der Waals surface area contributed by atoms with Crippen LogP contribution < -0.4 is 4.72 Å². The largest absolute Gasteiger partial charge is 0.465 e. The van der Waals surface area contributed by atoms with E-state index in [0.29, 0.717) is 5.56 Å². The Labute approximate surface area is 130 Å². The van der Waals surface area contributed by atoms with Crippen molar-refractivity contribution in [2.75, 3.05) is 11.8 Å². The van der Waals surface area contributed by atoms with E-state index in [4.69, 9.17) is 11.6 Å². The zero-order chi connectivity index (χ0) is 15.6. The van der Waals surface area contributed by atoms with Gasteiger partial charge in [0.25, 0.3) is 10.0 Å². The van der Waals surface area contributed by atoms with E-state index in [1.165, 1.54) is 19.4 Å². The number of aryl methyl sites for hydroxylation is 1. The maximum atomic E-state index is 12.5. The van der Waals surface area contributed by atoms with Gasteiger partial charge in [0, 0.05) is 6.20 Å². The molecule has 0 spiro atoms. The third-order valence-corrected chi connectivity index (χ3v) is 5.58. The quantitative estimate of drug-likeness (QED) is 0.860. The Morgan fingerprint density at radius 3 is 2.81 bits per heavy atom. The summed E-state index contributed by atoms with van der Waals surface area (Å²) >= 11 is 6.89. The minimum absolute atomic E-state index is 0.000539. The molecule has 0 atom stereocenters. The Bertz CT molecular complexity index is 786. The van der Waals surface area contributed by atoms with Crippen LogP contribution >= 0.6 is 22.9 Å². The van der Waals surface area contributed by atoms with Crippen LogP contribution in [0.15, 0.2) is 28.6 Å². The molecular formula is C12H11ClN2O4S2. The maximum absolute atomic E-state index is 12.5. The van der Waals surface area contributed by atoms with Crippen molar-refractivity contribution < 1.29 is 17.9 Å². The molecule has 0 aliphatic rings. The molecule has 112 valence electrons. The fraction of sp³-hybridized carbons (Fsp3) is 0.167. The Balaban J connectivity index is 2.48. The molecule has 0 saturated carbocycles. The molecule has 0 bridgehead atoms. The van der Waals surface area contributed by atoms with Gasteiger partial charge >= 0.3 is 5.97 Å². The molecule has 0 aliphatic carbocycles. The summed E-state index contributed by atoms with van der Waals surface area (Å²) < 4.78 is 31.8. The van der Waals surface area contributed by atoms with Gasteiger partial charge in [-0.3, -0.25) is 4.72 Å². The van der Waals surface area contributed by atoms with Crippen LogP contribution in [0.2, 0.25) is 5.02 Å². The van der Waals surface area contributed by atoms with Crippen LogP contribution in [0.1, 0.15) is 15.2 Å². The topological polar surface area (TPSA) is 85.4 Å². The van der Waals surface area contributed by atoms with Gasteiger partial charge in [-0.25, -0.2) is 18.2 Å². The van der Waals surface area contributed by atoms with Crippen molar-refractivity contribution in [3.8, 4) is 0 Å². The van der Waals surface area contributed by atoms with E-state index in [2.05, 4.69) is 14.4 Å². The molecule has 2 rings (SSSR count). The van der Waals surface area contributed by atoms with Crippen LogP contribution in [-0.4, -0.2) is 26.5 Å². The minimum atomic E-state index is -4.00. The molecule has 1 N–H and O–H groups in total. The molecule has 2 aromatic heterocycles. The highest BCUT2D eigenvalue weighted by Crippen LogP contribution is 2.30. The molecule has 2 heterocycles. The molecule has 9 heteroatoms. The summed E-state index contributed by atoms with van der Waals surface area (Å²) in [6.45, 7) is 1.59. The van der Waals surface area contributed by atoms with Gasteiger partial charge in [0.15, 0.2) is 5.82 Å².